The number of nitrogens with zero attached hydrogens (tertiary/aromatic N) is 3. The van der Waals surface area contributed by atoms with Crippen LogP contribution in [-0.2, 0) is 7.05 Å². The molecule has 3 aromatic heterocycles. The van der Waals surface area contributed by atoms with Gasteiger partial charge in [-0.3, -0.25) is 14.0 Å². The van der Waals surface area contributed by atoms with Crippen molar-refractivity contribution in [2.24, 2.45) is 7.05 Å². The molecule has 1 aromatic carbocycles. The number of nitrogens with one attached hydrogen (secondary N) is 1. The van der Waals surface area contributed by atoms with Crippen molar-refractivity contribution in [3.8, 4) is 0 Å². The summed E-state index contributed by atoms with van der Waals surface area (Å²) in [7, 11) is 1.71. The molecule has 0 radical (unpaired) electrons. The predicted molar refractivity (Wildman–Crippen MR) is 97.3 cm³/mol. The van der Waals surface area contributed by atoms with Gasteiger partial charge in [0.2, 0.25) is 0 Å². The van der Waals surface area contributed by atoms with Gasteiger partial charge in [-0.15, -0.1) is 0 Å². The number of hydrogen-bond donors (Lipinski definition) is 1. The first-order valence-electron chi connectivity index (χ1n) is 7.58. The van der Waals surface area contributed by atoms with E-state index in [0.29, 0.717) is 33.1 Å². The Bertz CT molecular complexity index is 1190. The molecule has 124 valence electrons. The van der Waals surface area contributed by atoms with E-state index >= 15 is 0 Å². The maximum atomic E-state index is 12.6. The van der Waals surface area contributed by atoms with Crippen molar-refractivity contribution in [1.82, 2.24) is 14.0 Å². The number of anilines is 1. The molecule has 7 heteroatoms. The van der Waals surface area contributed by atoms with Crippen molar-refractivity contribution in [2.75, 3.05) is 5.32 Å². The fraction of sp³-hybridized carbons (Fsp3) is 0.0556. The third-order valence-electron chi connectivity index (χ3n) is 4.02. The Labute approximate surface area is 147 Å². The van der Waals surface area contributed by atoms with Gasteiger partial charge in [-0.2, -0.15) is 0 Å². The maximum absolute atomic E-state index is 12.6. The molecule has 0 aliphatic rings. The van der Waals surface area contributed by atoms with Crippen LogP contribution in [0.5, 0.6) is 0 Å². The summed E-state index contributed by atoms with van der Waals surface area (Å²) in [5, 5.41) is 3.70. The molecule has 4 rings (SSSR count). The van der Waals surface area contributed by atoms with Crippen LogP contribution >= 0.6 is 11.6 Å². The first-order valence-corrected chi connectivity index (χ1v) is 7.96. The van der Waals surface area contributed by atoms with E-state index in [1.807, 2.05) is 6.07 Å². The Balaban J connectivity index is 1.84. The lowest BCUT2D eigenvalue weighted by Crippen LogP contribution is -2.16. The van der Waals surface area contributed by atoms with Crippen molar-refractivity contribution in [3.63, 3.8) is 0 Å². The number of halogens is 1. The zero-order chi connectivity index (χ0) is 17.6. The summed E-state index contributed by atoms with van der Waals surface area (Å²) in [6.07, 6.45) is 1.66. The molecule has 0 atom stereocenters. The van der Waals surface area contributed by atoms with Crippen LogP contribution in [0.4, 0.5) is 5.69 Å². The molecule has 1 amide bonds. The van der Waals surface area contributed by atoms with Crippen LogP contribution in [0.2, 0.25) is 5.02 Å². The van der Waals surface area contributed by atoms with E-state index in [0.717, 1.165) is 0 Å². The van der Waals surface area contributed by atoms with Crippen LogP contribution in [-0.4, -0.2) is 19.9 Å². The van der Waals surface area contributed by atoms with Gasteiger partial charge >= 0.3 is 0 Å². The second-order valence-electron chi connectivity index (χ2n) is 5.64. The summed E-state index contributed by atoms with van der Waals surface area (Å²) in [6.45, 7) is 0. The number of aryl methyl sites for hydroxylation is 1. The number of hydrogen-bond acceptors (Lipinski definition) is 3. The monoisotopic (exact) mass is 352 g/mol. The molecule has 1 N–H and O–H groups in total. The smallest absolute Gasteiger partial charge is 0.272 e. The highest BCUT2D eigenvalue weighted by Gasteiger charge is 2.17. The summed E-state index contributed by atoms with van der Waals surface area (Å²) >= 11 is 5.94. The standard InChI is InChI=1S/C18H13ClN4O2/c1-22-14(17(24)20-12-6-4-5-11(19)9-12)10-13-16(22)21-15-7-2-3-8-23(15)18(13)25/h2-10H,1H3,(H,20,24). The van der Waals surface area contributed by atoms with E-state index < -0.39 is 0 Å². The highest BCUT2D eigenvalue weighted by molar-refractivity contribution is 6.31. The first kappa shape index (κ1) is 15.4. The highest BCUT2D eigenvalue weighted by atomic mass is 35.5. The van der Waals surface area contributed by atoms with E-state index in [4.69, 9.17) is 11.6 Å². The topological polar surface area (TPSA) is 68.4 Å². The summed E-state index contributed by atoms with van der Waals surface area (Å²) < 4.78 is 3.07. The molecule has 6 nitrogen and oxygen atoms in total. The third kappa shape index (κ3) is 2.56. The Morgan fingerprint density at radius 2 is 2.00 bits per heavy atom. The molecular weight excluding hydrogens is 340 g/mol. The largest absolute Gasteiger partial charge is 0.324 e. The number of carbonyl (C=O) groups excluding carboxylic acids is 1. The summed E-state index contributed by atoms with van der Waals surface area (Å²) in [6, 6.07) is 13.8. The predicted octanol–water partition coefficient (Wildman–Crippen LogP) is 3.09. The van der Waals surface area contributed by atoms with Crippen molar-refractivity contribution >= 4 is 39.9 Å². The summed E-state index contributed by atoms with van der Waals surface area (Å²) in [5.74, 6) is -0.337. The lowest BCUT2D eigenvalue weighted by atomic mass is 10.3. The molecule has 0 bridgehead atoms. The average Bonchev–Trinajstić information content (AvgIpc) is 2.93. The summed E-state index contributed by atoms with van der Waals surface area (Å²) in [5.41, 5.74) is 1.71. The quantitative estimate of drug-likeness (QED) is 0.602. The minimum Gasteiger partial charge on any atom is -0.324 e. The van der Waals surface area contributed by atoms with Crippen LogP contribution < -0.4 is 10.9 Å². The van der Waals surface area contributed by atoms with Gasteiger partial charge in [0.1, 0.15) is 17.0 Å². The van der Waals surface area contributed by atoms with Gasteiger partial charge in [0, 0.05) is 24.0 Å². The molecule has 0 saturated carbocycles. The van der Waals surface area contributed by atoms with E-state index in [9.17, 15) is 9.59 Å². The van der Waals surface area contributed by atoms with E-state index in [2.05, 4.69) is 10.3 Å². The fourth-order valence-corrected chi connectivity index (χ4v) is 2.99. The number of amides is 1. The van der Waals surface area contributed by atoms with Crippen molar-refractivity contribution < 1.29 is 4.79 Å². The zero-order valence-electron chi connectivity index (χ0n) is 13.2. The Kier molecular flexibility index (Phi) is 3.54. The molecular formula is C18H13ClN4O2. The van der Waals surface area contributed by atoms with Crippen LogP contribution in [0.3, 0.4) is 0 Å². The lowest BCUT2D eigenvalue weighted by Gasteiger charge is -2.06. The normalized spacial score (nSPS) is 11.1. The number of benzene rings is 1. The molecule has 0 aliphatic carbocycles. The average molecular weight is 353 g/mol. The number of carbonyl (C=O) groups is 1. The minimum absolute atomic E-state index is 0.210. The van der Waals surface area contributed by atoms with E-state index in [1.165, 1.54) is 4.40 Å². The number of fused-ring (bicyclic) bond motifs is 2. The Hall–Kier alpha value is -3.12. The van der Waals surface area contributed by atoms with Gasteiger partial charge in [0.05, 0.1) is 5.39 Å². The van der Waals surface area contributed by atoms with Gasteiger partial charge in [-0.1, -0.05) is 23.7 Å². The fourth-order valence-electron chi connectivity index (χ4n) is 2.80. The van der Waals surface area contributed by atoms with Crippen molar-refractivity contribution in [3.05, 3.63) is 75.8 Å². The van der Waals surface area contributed by atoms with E-state index in [-0.39, 0.29) is 11.5 Å². The van der Waals surface area contributed by atoms with Crippen molar-refractivity contribution in [1.29, 1.82) is 0 Å². The maximum Gasteiger partial charge on any atom is 0.272 e. The van der Waals surface area contributed by atoms with Gasteiger partial charge < -0.3 is 9.88 Å². The number of pyridine rings is 1. The first-order chi connectivity index (χ1) is 12.0. The Morgan fingerprint density at radius 3 is 2.80 bits per heavy atom. The molecule has 0 saturated heterocycles. The molecule has 0 spiro atoms. The van der Waals surface area contributed by atoms with Crippen LogP contribution in [0, 0.1) is 0 Å². The second kappa shape index (κ2) is 5.75. The van der Waals surface area contributed by atoms with Gasteiger partial charge in [0.25, 0.3) is 11.5 Å². The van der Waals surface area contributed by atoms with Gasteiger partial charge in [-0.25, -0.2) is 4.98 Å². The minimum atomic E-state index is -0.337. The lowest BCUT2D eigenvalue weighted by molar-refractivity contribution is 0.101. The molecule has 4 aromatic rings. The van der Waals surface area contributed by atoms with Gasteiger partial charge in [-0.05, 0) is 36.4 Å². The van der Waals surface area contributed by atoms with Gasteiger partial charge in [0.15, 0.2) is 0 Å². The molecule has 0 unspecified atom stereocenters. The van der Waals surface area contributed by atoms with Crippen LogP contribution in [0.15, 0.2) is 59.5 Å². The number of rotatable bonds is 2. The molecule has 0 fully saturated rings. The molecule has 0 aliphatic heterocycles. The Morgan fingerprint density at radius 1 is 1.16 bits per heavy atom. The zero-order valence-corrected chi connectivity index (χ0v) is 14.0. The van der Waals surface area contributed by atoms with Crippen LogP contribution in [0.1, 0.15) is 10.5 Å². The second-order valence-corrected chi connectivity index (χ2v) is 6.07. The van der Waals surface area contributed by atoms with Crippen LogP contribution in [0.25, 0.3) is 16.7 Å². The highest BCUT2D eigenvalue weighted by Crippen LogP contribution is 2.18. The summed E-state index contributed by atoms with van der Waals surface area (Å²) in [4.78, 5) is 29.7. The molecule has 3 heterocycles. The SMILES string of the molecule is Cn1c(C(=O)Nc2cccc(Cl)c2)cc2c(=O)n3ccccc3nc21. The molecule has 25 heavy (non-hydrogen) atoms. The number of aromatic nitrogens is 3. The van der Waals surface area contributed by atoms with E-state index in [1.54, 1.807) is 60.3 Å². The van der Waals surface area contributed by atoms with Crippen molar-refractivity contribution in [2.45, 2.75) is 0 Å². The third-order valence-corrected chi connectivity index (χ3v) is 4.26.